The summed E-state index contributed by atoms with van der Waals surface area (Å²) in [5.74, 6) is 0.404. The molecule has 0 saturated carbocycles. The summed E-state index contributed by atoms with van der Waals surface area (Å²) in [6.45, 7) is 3.60. The molecule has 1 aliphatic rings. The summed E-state index contributed by atoms with van der Waals surface area (Å²) in [6.07, 6.45) is 2.13. The molecule has 0 amide bonds. The molecule has 98 valence electrons. The molecule has 18 heavy (non-hydrogen) atoms. The highest BCUT2D eigenvalue weighted by Crippen LogP contribution is 2.29. The minimum Gasteiger partial charge on any atom is -0.396 e. The molecule has 3 nitrogen and oxygen atoms in total. The Kier molecular flexibility index (Phi) is 4.40. The van der Waals surface area contributed by atoms with Gasteiger partial charge in [-0.3, -0.25) is 4.79 Å². The fourth-order valence-corrected chi connectivity index (χ4v) is 2.85. The molecule has 1 aliphatic heterocycles. The highest BCUT2D eigenvalue weighted by molar-refractivity contribution is 9.10. The van der Waals surface area contributed by atoms with E-state index < -0.39 is 0 Å². The number of hydrogen-bond acceptors (Lipinski definition) is 3. The molecular weight excluding hydrogens is 294 g/mol. The van der Waals surface area contributed by atoms with Crippen LogP contribution in [-0.2, 0) is 0 Å². The van der Waals surface area contributed by atoms with Gasteiger partial charge in [-0.25, -0.2) is 0 Å². The van der Waals surface area contributed by atoms with Crippen molar-refractivity contribution < 1.29 is 9.90 Å². The van der Waals surface area contributed by atoms with Gasteiger partial charge in [0.1, 0.15) is 0 Å². The molecule has 0 bridgehead atoms. The number of benzene rings is 1. The summed E-state index contributed by atoms with van der Waals surface area (Å²) in [4.78, 5) is 13.9. The van der Waals surface area contributed by atoms with Crippen LogP contribution in [0.25, 0.3) is 0 Å². The lowest BCUT2D eigenvalue weighted by Gasteiger charge is -2.34. The first-order valence-electron chi connectivity index (χ1n) is 6.28. The van der Waals surface area contributed by atoms with Gasteiger partial charge >= 0.3 is 0 Å². The zero-order chi connectivity index (χ0) is 13.1. The normalized spacial score (nSPS) is 19.9. The number of nitrogens with zero attached hydrogens (tertiary/aromatic N) is 1. The molecule has 1 aromatic carbocycles. The first-order valence-corrected chi connectivity index (χ1v) is 7.07. The summed E-state index contributed by atoms with van der Waals surface area (Å²) in [7, 11) is 0. The summed E-state index contributed by atoms with van der Waals surface area (Å²) >= 11 is 3.46. The van der Waals surface area contributed by atoms with E-state index in [1.165, 1.54) is 0 Å². The highest BCUT2D eigenvalue weighted by atomic mass is 79.9. The second kappa shape index (κ2) is 5.85. The Morgan fingerprint density at radius 1 is 1.56 bits per heavy atom. The van der Waals surface area contributed by atoms with E-state index >= 15 is 0 Å². The van der Waals surface area contributed by atoms with Crippen LogP contribution in [0.3, 0.4) is 0 Å². The molecule has 0 aromatic heterocycles. The van der Waals surface area contributed by atoms with Crippen LogP contribution in [0.5, 0.6) is 0 Å². The van der Waals surface area contributed by atoms with Gasteiger partial charge in [-0.1, -0.05) is 15.9 Å². The van der Waals surface area contributed by atoms with E-state index in [2.05, 4.69) is 20.8 Å². The second-order valence-corrected chi connectivity index (χ2v) is 5.77. The minimum absolute atomic E-state index is 0.0867. The van der Waals surface area contributed by atoms with Crippen LogP contribution in [-0.4, -0.2) is 30.6 Å². The molecular formula is C14H18BrNO2. The first kappa shape index (κ1) is 13.6. The van der Waals surface area contributed by atoms with E-state index in [1.54, 1.807) is 6.92 Å². The molecule has 1 saturated heterocycles. The van der Waals surface area contributed by atoms with Crippen LogP contribution in [0.2, 0.25) is 0 Å². The Balaban J connectivity index is 2.31. The predicted molar refractivity (Wildman–Crippen MR) is 76.2 cm³/mol. The summed E-state index contributed by atoms with van der Waals surface area (Å²) in [5.41, 5.74) is 1.74. The van der Waals surface area contributed by atoms with Crippen LogP contribution in [0.1, 0.15) is 30.1 Å². The summed E-state index contributed by atoms with van der Waals surface area (Å²) < 4.78 is 0.980. The van der Waals surface area contributed by atoms with E-state index in [0.29, 0.717) is 5.92 Å². The van der Waals surface area contributed by atoms with Gasteiger partial charge in [-0.15, -0.1) is 0 Å². The number of ketones is 1. The zero-order valence-electron chi connectivity index (χ0n) is 10.5. The SMILES string of the molecule is CC(=O)c1ccc(Br)cc1N1CCCC(CO)C1. The molecule has 1 N–H and O–H groups in total. The summed E-state index contributed by atoms with van der Waals surface area (Å²) in [6, 6.07) is 5.76. The van der Waals surface area contributed by atoms with Crippen molar-refractivity contribution in [1.82, 2.24) is 0 Å². The Bertz CT molecular complexity index is 447. The van der Waals surface area contributed by atoms with Gasteiger partial charge in [0.15, 0.2) is 5.78 Å². The fraction of sp³-hybridized carbons (Fsp3) is 0.500. The number of carbonyl (C=O) groups is 1. The van der Waals surface area contributed by atoms with Gasteiger partial charge < -0.3 is 10.0 Å². The molecule has 0 radical (unpaired) electrons. The van der Waals surface area contributed by atoms with Crippen molar-refractivity contribution in [3.8, 4) is 0 Å². The van der Waals surface area contributed by atoms with Crippen molar-refractivity contribution in [2.75, 3.05) is 24.6 Å². The van der Waals surface area contributed by atoms with Gasteiger partial charge in [-0.05, 0) is 43.9 Å². The van der Waals surface area contributed by atoms with E-state index in [9.17, 15) is 9.90 Å². The van der Waals surface area contributed by atoms with E-state index in [4.69, 9.17) is 0 Å². The quantitative estimate of drug-likeness (QED) is 0.873. The number of carbonyl (C=O) groups excluding carboxylic acids is 1. The number of rotatable bonds is 3. The molecule has 1 fully saturated rings. The lowest BCUT2D eigenvalue weighted by Crippen LogP contribution is -2.37. The lowest BCUT2D eigenvalue weighted by atomic mass is 9.97. The number of halogens is 1. The maximum Gasteiger partial charge on any atom is 0.161 e. The van der Waals surface area contributed by atoms with Crippen LogP contribution >= 0.6 is 15.9 Å². The maximum atomic E-state index is 11.7. The van der Waals surface area contributed by atoms with E-state index in [1.807, 2.05) is 18.2 Å². The van der Waals surface area contributed by atoms with Crippen LogP contribution in [0.4, 0.5) is 5.69 Å². The number of aliphatic hydroxyl groups is 1. The first-order chi connectivity index (χ1) is 8.61. The van der Waals surface area contributed by atoms with Crippen LogP contribution in [0.15, 0.2) is 22.7 Å². The van der Waals surface area contributed by atoms with Gasteiger partial charge in [-0.2, -0.15) is 0 Å². The Hall–Kier alpha value is -0.870. The fourth-order valence-electron chi connectivity index (χ4n) is 2.50. The lowest BCUT2D eigenvalue weighted by molar-refractivity contribution is 0.101. The van der Waals surface area contributed by atoms with Gasteiger partial charge in [0, 0.05) is 35.4 Å². The third-order valence-electron chi connectivity index (χ3n) is 3.46. The monoisotopic (exact) mass is 311 g/mol. The molecule has 4 heteroatoms. The molecule has 1 unspecified atom stereocenters. The van der Waals surface area contributed by atoms with Crippen molar-refractivity contribution in [3.05, 3.63) is 28.2 Å². The Morgan fingerprint density at radius 3 is 3.00 bits per heavy atom. The largest absolute Gasteiger partial charge is 0.396 e. The van der Waals surface area contributed by atoms with Crippen molar-refractivity contribution in [2.45, 2.75) is 19.8 Å². The number of anilines is 1. The van der Waals surface area contributed by atoms with Gasteiger partial charge in [0.05, 0.1) is 0 Å². The molecule has 0 spiro atoms. The minimum atomic E-state index is 0.0867. The average molecular weight is 312 g/mol. The van der Waals surface area contributed by atoms with Crippen molar-refractivity contribution in [3.63, 3.8) is 0 Å². The number of Topliss-reactive ketones (excluding diaryl/α,β-unsaturated/α-hetero) is 1. The second-order valence-electron chi connectivity index (χ2n) is 4.85. The maximum absolute atomic E-state index is 11.7. The number of hydrogen-bond donors (Lipinski definition) is 1. The molecule has 1 aromatic rings. The standard InChI is InChI=1S/C14H18BrNO2/c1-10(18)13-5-4-12(15)7-14(13)16-6-2-3-11(8-16)9-17/h4-5,7,11,17H,2-3,6,8-9H2,1H3. The van der Waals surface area contributed by atoms with Crippen molar-refractivity contribution >= 4 is 27.4 Å². The summed E-state index contributed by atoms with van der Waals surface area (Å²) in [5, 5.41) is 9.29. The van der Waals surface area contributed by atoms with Gasteiger partial charge in [0.2, 0.25) is 0 Å². The highest BCUT2D eigenvalue weighted by Gasteiger charge is 2.22. The predicted octanol–water partition coefficient (Wildman–Crippen LogP) is 2.86. The van der Waals surface area contributed by atoms with Gasteiger partial charge in [0.25, 0.3) is 0 Å². The molecule has 1 heterocycles. The molecule has 0 aliphatic carbocycles. The third-order valence-corrected chi connectivity index (χ3v) is 3.95. The Labute approximate surface area is 116 Å². The molecule has 1 atom stereocenters. The van der Waals surface area contributed by atoms with Crippen molar-refractivity contribution in [1.29, 1.82) is 0 Å². The van der Waals surface area contributed by atoms with Crippen LogP contribution < -0.4 is 4.90 Å². The van der Waals surface area contributed by atoms with E-state index in [-0.39, 0.29) is 12.4 Å². The third kappa shape index (κ3) is 2.93. The topological polar surface area (TPSA) is 40.5 Å². The van der Waals surface area contributed by atoms with Crippen LogP contribution in [0, 0.1) is 5.92 Å². The smallest absolute Gasteiger partial charge is 0.161 e. The van der Waals surface area contributed by atoms with E-state index in [0.717, 1.165) is 41.7 Å². The Morgan fingerprint density at radius 2 is 2.33 bits per heavy atom. The zero-order valence-corrected chi connectivity index (χ0v) is 12.1. The number of aliphatic hydroxyl groups excluding tert-OH is 1. The average Bonchev–Trinajstić information content (AvgIpc) is 2.38. The molecule has 2 rings (SSSR count). The number of piperidine rings is 1. The van der Waals surface area contributed by atoms with Crippen molar-refractivity contribution in [2.24, 2.45) is 5.92 Å².